The van der Waals surface area contributed by atoms with E-state index in [1.807, 2.05) is 18.2 Å². The lowest BCUT2D eigenvalue weighted by Crippen LogP contribution is -2.50. The minimum Gasteiger partial charge on any atom is -0.339 e. The van der Waals surface area contributed by atoms with Crippen LogP contribution in [0.2, 0.25) is 5.02 Å². The van der Waals surface area contributed by atoms with Crippen molar-refractivity contribution in [2.75, 3.05) is 26.2 Å². The third kappa shape index (κ3) is 5.01. The van der Waals surface area contributed by atoms with Gasteiger partial charge in [-0.15, -0.1) is 0 Å². The highest BCUT2D eigenvalue weighted by atomic mass is 35.5. The van der Waals surface area contributed by atoms with Crippen LogP contribution in [0, 0.1) is 5.82 Å². The Morgan fingerprint density at radius 3 is 2.25 bits per heavy atom. The minimum atomic E-state index is -0.494. The van der Waals surface area contributed by atoms with Gasteiger partial charge < -0.3 is 9.80 Å². The Kier molecular flexibility index (Phi) is 6.89. The third-order valence-electron chi connectivity index (χ3n) is 6.32. The molecule has 32 heavy (non-hydrogen) atoms. The highest BCUT2D eigenvalue weighted by Crippen LogP contribution is 2.23. The van der Waals surface area contributed by atoms with Crippen LogP contribution >= 0.6 is 11.6 Å². The molecule has 0 aromatic heterocycles. The van der Waals surface area contributed by atoms with Gasteiger partial charge in [0.2, 0.25) is 5.91 Å². The zero-order valence-electron chi connectivity index (χ0n) is 17.9. The van der Waals surface area contributed by atoms with Gasteiger partial charge >= 0.3 is 0 Å². The maximum Gasteiger partial charge on any atom is 0.255 e. The first-order valence-electron chi connectivity index (χ1n) is 11.1. The predicted octanol–water partition coefficient (Wildman–Crippen LogP) is 4.31. The summed E-state index contributed by atoms with van der Waals surface area (Å²) in [5.74, 6) is -0.855. The van der Waals surface area contributed by atoms with Crippen molar-refractivity contribution in [2.45, 2.75) is 38.5 Å². The highest BCUT2D eigenvalue weighted by molar-refractivity contribution is 6.33. The molecule has 2 aliphatic rings. The number of ketones is 1. The van der Waals surface area contributed by atoms with Crippen molar-refractivity contribution < 1.29 is 18.8 Å². The van der Waals surface area contributed by atoms with Gasteiger partial charge in [0.25, 0.3) is 5.91 Å². The minimum absolute atomic E-state index is 0.00788. The maximum absolute atomic E-state index is 13.2. The smallest absolute Gasteiger partial charge is 0.255 e. The fourth-order valence-electron chi connectivity index (χ4n) is 4.42. The van der Waals surface area contributed by atoms with Crippen LogP contribution in [0.25, 0.3) is 0 Å². The summed E-state index contributed by atoms with van der Waals surface area (Å²) in [5.41, 5.74) is 3.53. The molecule has 168 valence electrons. The van der Waals surface area contributed by atoms with Crippen LogP contribution in [0.4, 0.5) is 4.39 Å². The Morgan fingerprint density at radius 2 is 1.53 bits per heavy atom. The predicted molar refractivity (Wildman–Crippen MR) is 121 cm³/mol. The number of Topliss-reactive ketones (excluding diaryl/α,β-unsaturated/α-hetero) is 1. The quantitative estimate of drug-likeness (QED) is 0.630. The molecule has 0 atom stereocenters. The van der Waals surface area contributed by atoms with Gasteiger partial charge in [0.05, 0.1) is 10.6 Å². The molecule has 7 heteroatoms. The number of fused-ring (bicyclic) bond motifs is 1. The number of halogens is 2. The van der Waals surface area contributed by atoms with Crippen molar-refractivity contribution in [2.24, 2.45) is 0 Å². The molecule has 0 radical (unpaired) electrons. The summed E-state index contributed by atoms with van der Waals surface area (Å²) in [6, 6.07) is 9.62. The molecule has 1 heterocycles. The number of carbonyl (C=O) groups excluding carboxylic acids is 3. The van der Waals surface area contributed by atoms with E-state index in [4.69, 9.17) is 11.6 Å². The number of aryl methyl sites for hydroxylation is 2. The second-order valence-corrected chi connectivity index (χ2v) is 8.82. The summed E-state index contributed by atoms with van der Waals surface area (Å²) < 4.78 is 13.2. The van der Waals surface area contributed by atoms with Gasteiger partial charge in [0, 0.05) is 44.6 Å². The first-order chi connectivity index (χ1) is 15.4. The van der Waals surface area contributed by atoms with Crippen LogP contribution in [0.1, 0.15) is 57.5 Å². The van der Waals surface area contributed by atoms with Gasteiger partial charge in [-0.05, 0) is 61.1 Å². The second kappa shape index (κ2) is 9.82. The number of benzene rings is 2. The molecule has 5 nitrogen and oxygen atoms in total. The van der Waals surface area contributed by atoms with Crippen molar-refractivity contribution in [3.63, 3.8) is 0 Å². The SMILES string of the molecule is O=C(CCC(=O)N1CCN(C(=O)c2ccc(F)cc2Cl)CC1)c1ccc2c(c1)CCCC2. The number of hydrogen-bond donors (Lipinski definition) is 0. The average molecular weight is 457 g/mol. The van der Waals surface area contributed by atoms with Crippen molar-refractivity contribution in [1.29, 1.82) is 0 Å². The molecule has 4 rings (SSSR count). The standard InChI is InChI=1S/C25H26ClFN2O3/c26-22-16-20(27)7-8-21(22)25(32)29-13-11-28(12-14-29)24(31)10-9-23(30)19-6-5-17-3-1-2-4-18(17)15-19/h5-8,15-16H,1-4,9-14H2. The second-order valence-electron chi connectivity index (χ2n) is 8.41. The van der Waals surface area contributed by atoms with E-state index in [1.165, 1.54) is 29.7 Å². The van der Waals surface area contributed by atoms with E-state index in [0.29, 0.717) is 31.7 Å². The van der Waals surface area contributed by atoms with Gasteiger partial charge in [-0.25, -0.2) is 4.39 Å². The Hall–Kier alpha value is -2.73. The summed E-state index contributed by atoms with van der Waals surface area (Å²) in [7, 11) is 0. The van der Waals surface area contributed by atoms with Gasteiger partial charge in [-0.1, -0.05) is 23.7 Å². The molecular weight excluding hydrogens is 431 g/mol. The molecule has 0 saturated carbocycles. The number of carbonyl (C=O) groups is 3. The zero-order valence-corrected chi connectivity index (χ0v) is 18.7. The molecule has 0 unspecified atom stereocenters. The Labute approximate surface area is 192 Å². The molecule has 1 fully saturated rings. The van der Waals surface area contributed by atoms with Crippen molar-refractivity contribution in [3.8, 4) is 0 Å². The monoisotopic (exact) mass is 456 g/mol. The first kappa shape index (κ1) is 22.5. The summed E-state index contributed by atoms with van der Waals surface area (Å²) in [6.45, 7) is 1.54. The van der Waals surface area contributed by atoms with Crippen molar-refractivity contribution >= 4 is 29.2 Å². The zero-order chi connectivity index (χ0) is 22.7. The van der Waals surface area contributed by atoms with Crippen LogP contribution < -0.4 is 0 Å². The molecule has 0 spiro atoms. The van der Waals surface area contributed by atoms with E-state index in [9.17, 15) is 18.8 Å². The topological polar surface area (TPSA) is 57.7 Å². The van der Waals surface area contributed by atoms with Crippen LogP contribution in [-0.4, -0.2) is 53.6 Å². The first-order valence-corrected chi connectivity index (χ1v) is 11.5. The van der Waals surface area contributed by atoms with Crippen LogP contribution in [0.5, 0.6) is 0 Å². The Bertz CT molecular complexity index is 1050. The fraction of sp³-hybridized carbons (Fsp3) is 0.400. The van der Waals surface area contributed by atoms with Gasteiger partial charge in [0.15, 0.2) is 5.78 Å². The van der Waals surface area contributed by atoms with E-state index < -0.39 is 5.82 Å². The van der Waals surface area contributed by atoms with Crippen LogP contribution in [0.3, 0.4) is 0 Å². The molecule has 0 bridgehead atoms. The lowest BCUT2D eigenvalue weighted by atomic mass is 9.89. The van der Waals surface area contributed by atoms with Crippen LogP contribution in [0.15, 0.2) is 36.4 Å². The summed E-state index contributed by atoms with van der Waals surface area (Å²) in [6.07, 6.45) is 4.79. The molecule has 0 N–H and O–H groups in total. The Balaban J connectivity index is 1.27. The largest absolute Gasteiger partial charge is 0.339 e. The molecule has 2 amide bonds. The van der Waals surface area contributed by atoms with E-state index in [1.54, 1.807) is 9.80 Å². The summed E-state index contributed by atoms with van der Waals surface area (Å²) >= 11 is 6.00. The van der Waals surface area contributed by atoms with Gasteiger partial charge in [0.1, 0.15) is 5.82 Å². The third-order valence-corrected chi connectivity index (χ3v) is 6.63. The molecular formula is C25H26ClFN2O3. The Morgan fingerprint density at radius 1 is 0.844 bits per heavy atom. The van der Waals surface area contributed by atoms with Crippen molar-refractivity contribution in [3.05, 3.63) is 69.5 Å². The summed E-state index contributed by atoms with van der Waals surface area (Å²) in [5, 5.41) is 0.0780. The van der Waals surface area contributed by atoms with E-state index in [0.717, 1.165) is 25.3 Å². The lowest BCUT2D eigenvalue weighted by molar-refractivity contribution is -0.132. The molecule has 2 aromatic rings. The molecule has 2 aromatic carbocycles. The van der Waals surface area contributed by atoms with Crippen molar-refractivity contribution in [1.82, 2.24) is 9.80 Å². The average Bonchev–Trinajstić information content (AvgIpc) is 2.81. The van der Waals surface area contributed by atoms with E-state index >= 15 is 0 Å². The fourth-order valence-corrected chi connectivity index (χ4v) is 4.67. The lowest BCUT2D eigenvalue weighted by Gasteiger charge is -2.35. The number of rotatable bonds is 5. The summed E-state index contributed by atoms with van der Waals surface area (Å²) in [4.78, 5) is 41.2. The van der Waals surface area contributed by atoms with Crippen LogP contribution in [-0.2, 0) is 17.6 Å². The van der Waals surface area contributed by atoms with E-state index in [-0.39, 0.29) is 41.0 Å². The number of piperazine rings is 1. The molecule has 1 saturated heterocycles. The number of amides is 2. The number of hydrogen-bond acceptors (Lipinski definition) is 3. The molecule has 1 aliphatic carbocycles. The van der Waals surface area contributed by atoms with E-state index in [2.05, 4.69) is 0 Å². The maximum atomic E-state index is 13.2. The van der Waals surface area contributed by atoms with Gasteiger partial charge in [-0.3, -0.25) is 14.4 Å². The molecule has 1 aliphatic heterocycles. The van der Waals surface area contributed by atoms with Gasteiger partial charge in [-0.2, -0.15) is 0 Å². The normalized spacial score (nSPS) is 15.9. The highest BCUT2D eigenvalue weighted by Gasteiger charge is 2.26. The number of nitrogens with zero attached hydrogens (tertiary/aromatic N) is 2.